The van der Waals surface area contributed by atoms with E-state index in [0.29, 0.717) is 0 Å². The van der Waals surface area contributed by atoms with Crippen LogP contribution < -0.4 is 0 Å². The van der Waals surface area contributed by atoms with Gasteiger partial charge >= 0.3 is 0 Å². The van der Waals surface area contributed by atoms with Gasteiger partial charge in [-0.2, -0.15) is 0 Å². The highest BCUT2D eigenvalue weighted by atomic mass is 19.1. The molecule has 0 bridgehead atoms. The van der Waals surface area contributed by atoms with E-state index in [-0.39, 0.29) is 5.60 Å². The van der Waals surface area contributed by atoms with Crippen LogP contribution in [0.2, 0.25) is 0 Å². The second-order valence-electron chi connectivity index (χ2n) is 4.11. The first-order chi connectivity index (χ1) is 4.27. The largest absolute Gasteiger partial charge is 0.367 e. The molecule has 0 aliphatic carbocycles. The van der Waals surface area contributed by atoms with Crippen LogP contribution in [0.5, 0.6) is 0 Å². The smallest absolute Gasteiger partial charge is 0.118 e. The topological polar surface area (TPSA) is 9.23 Å². The minimum absolute atomic E-state index is 0.254. The van der Waals surface area contributed by atoms with E-state index in [0.717, 1.165) is 0 Å². The van der Waals surface area contributed by atoms with Gasteiger partial charge < -0.3 is 4.74 Å². The summed E-state index contributed by atoms with van der Waals surface area (Å²) in [4.78, 5) is 0. The second kappa shape index (κ2) is 2.87. The molecule has 10 heavy (non-hydrogen) atoms. The lowest BCUT2D eigenvalue weighted by molar-refractivity contribution is -0.121. The molecule has 0 N–H and O–H groups in total. The molecule has 0 saturated heterocycles. The van der Waals surface area contributed by atoms with Gasteiger partial charge in [-0.25, -0.2) is 4.39 Å². The third-order valence-corrected chi connectivity index (χ3v) is 0.904. The first-order valence-corrected chi connectivity index (χ1v) is 3.53. The third kappa shape index (κ3) is 4.74. The van der Waals surface area contributed by atoms with E-state index in [1.807, 2.05) is 20.8 Å². The highest BCUT2D eigenvalue weighted by molar-refractivity contribution is 4.72. The maximum absolute atomic E-state index is 12.2. The van der Waals surface area contributed by atoms with Crippen molar-refractivity contribution in [2.75, 3.05) is 6.67 Å². The zero-order chi connectivity index (χ0) is 8.41. The van der Waals surface area contributed by atoms with Crippen LogP contribution in [0.4, 0.5) is 4.39 Å². The van der Waals surface area contributed by atoms with Gasteiger partial charge in [0.1, 0.15) is 6.67 Å². The van der Waals surface area contributed by atoms with Crippen LogP contribution in [-0.2, 0) is 4.74 Å². The molecule has 0 aromatic heterocycles. The van der Waals surface area contributed by atoms with E-state index in [2.05, 4.69) is 0 Å². The molecular formula is C8H17FO. The van der Waals surface area contributed by atoms with Crippen LogP contribution in [0, 0.1) is 0 Å². The minimum atomic E-state index is -0.641. The molecule has 1 nitrogen and oxygen atoms in total. The van der Waals surface area contributed by atoms with E-state index in [1.54, 1.807) is 13.8 Å². The summed E-state index contributed by atoms with van der Waals surface area (Å²) in [5, 5.41) is 0. The van der Waals surface area contributed by atoms with Gasteiger partial charge in [0.15, 0.2) is 0 Å². The van der Waals surface area contributed by atoms with Crippen molar-refractivity contribution in [2.45, 2.75) is 45.8 Å². The SMILES string of the molecule is CC(C)(C)OC(C)(C)CF. The van der Waals surface area contributed by atoms with E-state index in [4.69, 9.17) is 4.74 Å². The van der Waals surface area contributed by atoms with E-state index in [1.165, 1.54) is 0 Å². The predicted molar refractivity (Wildman–Crippen MR) is 40.9 cm³/mol. The molecule has 2 heteroatoms. The van der Waals surface area contributed by atoms with E-state index in [9.17, 15) is 4.39 Å². The van der Waals surface area contributed by atoms with E-state index < -0.39 is 12.3 Å². The second-order valence-corrected chi connectivity index (χ2v) is 4.11. The predicted octanol–water partition coefficient (Wildman–Crippen LogP) is 2.55. The van der Waals surface area contributed by atoms with Gasteiger partial charge in [-0.3, -0.25) is 0 Å². The minimum Gasteiger partial charge on any atom is -0.367 e. The Bertz CT molecular complexity index is 102. The number of rotatable bonds is 2. The Hall–Kier alpha value is -0.110. The van der Waals surface area contributed by atoms with E-state index >= 15 is 0 Å². The molecule has 0 aliphatic rings. The molecule has 0 aliphatic heterocycles. The van der Waals surface area contributed by atoms with Gasteiger partial charge in [-0.05, 0) is 34.6 Å². The molecule has 0 aromatic carbocycles. The number of hydrogen-bond donors (Lipinski definition) is 0. The fourth-order valence-corrected chi connectivity index (χ4v) is 0.856. The fourth-order valence-electron chi connectivity index (χ4n) is 0.856. The summed E-state index contributed by atoms with van der Waals surface area (Å²) >= 11 is 0. The summed E-state index contributed by atoms with van der Waals surface area (Å²) in [5.74, 6) is 0. The maximum Gasteiger partial charge on any atom is 0.118 e. The molecular weight excluding hydrogens is 131 g/mol. The van der Waals surface area contributed by atoms with Gasteiger partial charge in [0, 0.05) is 0 Å². The Labute approximate surface area is 62.6 Å². The zero-order valence-corrected chi connectivity index (χ0v) is 7.49. The number of hydrogen-bond acceptors (Lipinski definition) is 1. The first kappa shape index (κ1) is 9.89. The molecule has 0 fully saturated rings. The Morgan fingerprint density at radius 2 is 1.50 bits per heavy atom. The molecule has 0 aromatic rings. The van der Waals surface area contributed by atoms with Crippen molar-refractivity contribution >= 4 is 0 Å². The van der Waals surface area contributed by atoms with Crippen molar-refractivity contribution in [3.8, 4) is 0 Å². The molecule has 0 saturated carbocycles. The van der Waals surface area contributed by atoms with Crippen molar-refractivity contribution in [2.24, 2.45) is 0 Å². The van der Waals surface area contributed by atoms with Crippen LogP contribution >= 0.6 is 0 Å². The average molecular weight is 148 g/mol. The Morgan fingerprint density at radius 3 is 1.60 bits per heavy atom. The number of alkyl halides is 1. The highest BCUT2D eigenvalue weighted by Gasteiger charge is 2.25. The number of halogens is 1. The molecule has 0 unspecified atom stereocenters. The molecule has 0 radical (unpaired) electrons. The van der Waals surface area contributed by atoms with Crippen LogP contribution in [0.3, 0.4) is 0 Å². The lowest BCUT2D eigenvalue weighted by Gasteiger charge is -2.31. The van der Waals surface area contributed by atoms with Gasteiger partial charge in [-0.1, -0.05) is 0 Å². The average Bonchev–Trinajstić information content (AvgIpc) is 1.60. The van der Waals surface area contributed by atoms with Gasteiger partial charge in [0.05, 0.1) is 11.2 Å². The number of ether oxygens (including phenoxy) is 1. The van der Waals surface area contributed by atoms with Crippen molar-refractivity contribution in [1.29, 1.82) is 0 Å². The van der Waals surface area contributed by atoms with Crippen LogP contribution in [-0.4, -0.2) is 17.9 Å². The standard InChI is InChI=1S/C8H17FO/c1-7(2,3)10-8(4,5)6-9/h6H2,1-5H3. The van der Waals surface area contributed by atoms with Gasteiger partial charge in [-0.15, -0.1) is 0 Å². The zero-order valence-electron chi connectivity index (χ0n) is 7.49. The Kier molecular flexibility index (Phi) is 2.84. The molecule has 0 spiro atoms. The molecule has 0 rings (SSSR count). The summed E-state index contributed by atoms with van der Waals surface area (Å²) in [6.45, 7) is 8.82. The monoisotopic (exact) mass is 148 g/mol. The summed E-state index contributed by atoms with van der Waals surface area (Å²) in [7, 11) is 0. The van der Waals surface area contributed by atoms with Gasteiger partial charge in [0.2, 0.25) is 0 Å². The lowest BCUT2D eigenvalue weighted by Crippen LogP contribution is -2.36. The Morgan fingerprint density at radius 1 is 1.10 bits per heavy atom. The van der Waals surface area contributed by atoms with Crippen LogP contribution in [0.15, 0.2) is 0 Å². The highest BCUT2D eigenvalue weighted by Crippen LogP contribution is 2.19. The van der Waals surface area contributed by atoms with Crippen molar-refractivity contribution < 1.29 is 9.13 Å². The van der Waals surface area contributed by atoms with Crippen LogP contribution in [0.1, 0.15) is 34.6 Å². The first-order valence-electron chi connectivity index (χ1n) is 3.53. The summed E-state index contributed by atoms with van der Waals surface area (Å²) in [6, 6.07) is 0. The van der Waals surface area contributed by atoms with Crippen LogP contribution in [0.25, 0.3) is 0 Å². The summed E-state index contributed by atoms with van der Waals surface area (Å²) < 4.78 is 17.6. The third-order valence-electron chi connectivity index (χ3n) is 0.904. The molecule has 0 atom stereocenters. The summed E-state index contributed by atoms with van der Waals surface area (Å²) in [6.07, 6.45) is 0. The molecule has 0 amide bonds. The van der Waals surface area contributed by atoms with Crippen molar-refractivity contribution in [3.05, 3.63) is 0 Å². The fraction of sp³-hybridized carbons (Fsp3) is 1.00. The van der Waals surface area contributed by atoms with Crippen molar-refractivity contribution in [3.63, 3.8) is 0 Å². The Balaban J connectivity index is 3.89. The molecule has 0 heterocycles. The quantitative estimate of drug-likeness (QED) is 0.584. The summed E-state index contributed by atoms with van der Waals surface area (Å²) in [5.41, 5.74) is -0.895. The van der Waals surface area contributed by atoms with Crippen molar-refractivity contribution in [1.82, 2.24) is 0 Å². The lowest BCUT2D eigenvalue weighted by atomic mass is 10.1. The molecule has 62 valence electrons. The maximum atomic E-state index is 12.2. The van der Waals surface area contributed by atoms with Gasteiger partial charge in [0.25, 0.3) is 0 Å². The normalized spacial score (nSPS) is 13.8.